The molecule has 0 unspecified atom stereocenters. The number of benzene rings is 1. The number of carbonyl (C=O) groups excluding carboxylic acids is 1. The maximum absolute atomic E-state index is 12.5. The number of aryl methyl sites for hydroxylation is 1. The van der Waals surface area contributed by atoms with Gasteiger partial charge < -0.3 is 5.32 Å². The summed E-state index contributed by atoms with van der Waals surface area (Å²) in [4.78, 5) is 11.8. The highest BCUT2D eigenvalue weighted by atomic mass is 32.2. The molecular formula is C17H20N4O3S. The summed E-state index contributed by atoms with van der Waals surface area (Å²) in [5.41, 5.74) is 1.02. The third-order valence-electron chi connectivity index (χ3n) is 4.38. The predicted octanol–water partition coefficient (Wildman–Crippen LogP) is 2.21. The molecule has 2 aliphatic heterocycles. The number of hydrogen-bond donors (Lipinski definition) is 2. The van der Waals surface area contributed by atoms with Crippen LogP contribution < -0.4 is 10.0 Å². The zero-order valence-electron chi connectivity index (χ0n) is 13.8. The van der Waals surface area contributed by atoms with Crippen LogP contribution in [0, 0.1) is 12.3 Å². The van der Waals surface area contributed by atoms with Gasteiger partial charge in [0.05, 0.1) is 4.90 Å². The highest BCUT2D eigenvalue weighted by Gasteiger charge is 2.38. The molecule has 2 aliphatic rings. The molecule has 0 spiro atoms. The zero-order valence-corrected chi connectivity index (χ0v) is 14.6. The van der Waals surface area contributed by atoms with Crippen molar-refractivity contribution in [3.63, 3.8) is 0 Å². The van der Waals surface area contributed by atoms with E-state index >= 15 is 0 Å². The Labute approximate surface area is 147 Å². The minimum atomic E-state index is -3.62. The van der Waals surface area contributed by atoms with Crippen LogP contribution in [-0.4, -0.2) is 26.5 Å². The van der Waals surface area contributed by atoms with Crippen molar-refractivity contribution < 1.29 is 13.2 Å². The number of rotatable bonds is 7. The van der Waals surface area contributed by atoms with Crippen molar-refractivity contribution in [2.75, 3.05) is 11.9 Å². The van der Waals surface area contributed by atoms with Crippen LogP contribution in [0.1, 0.15) is 37.7 Å². The first-order valence-electron chi connectivity index (χ1n) is 8.24. The van der Waals surface area contributed by atoms with E-state index in [1.807, 2.05) is 0 Å². The molecule has 1 aromatic rings. The van der Waals surface area contributed by atoms with Gasteiger partial charge >= 0.3 is 0 Å². The average molecular weight is 360 g/mol. The van der Waals surface area contributed by atoms with Gasteiger partial charge in [0.2, 0.25) is 15.9 Å². The molecule has 0 saturated heterocycles. The Morgan fingerprint density at radius 3 is 2.80 bits per heavy atom. The number of terminal acetylenes is 1. The molecule has 1 amide bonds. The molecule has 25 heavy (non-hydrogen) atoms. The van der Waals surface area contributed by atoms with Crippen LogP contribution in [0.15, 0.2) is 33.3 Å². The number of hydrogen-bond acceptors (Lipinski definition) is 5. The number of amides is 1. The molecule has 8 heteroatoms. The Balaban J connectivity index is 1.64. The molecule has 0 aromatic heterocycles. The normalized spacial score (nSPS) is 18.0. The van der Waals surface area contributed by atoms with Gasteiger partial charge in [-0.25, -0.2) is 13.1 Å². The molecular weight excluding hydrogens is 340 g/mol. The number of sulfonamides is 1. The van der Waals surface area contributed by atoms with Gasteiger partial charge in [-0.05, 0) is 36.6 Å². The van der Waals surface area contributed by atoms with Crippen molar-refractivity contribution >= 4 is 21.6 Å². The monoisotopic (exact) mass is 360 g/mol. The van der Waals surface area contributed by atoms with Crippen molar-refractivity contribution in [3.8, 4) is 12.3 Å². The highest BCUT2D eigenvalue weighted by molar-refractivity contribution is 7.89. The van der Waals surface area contributed by atoms with E-state index in [1.165, 1.54) is 6.07 Å². The van der Waals surface area contributed by atoms with E-state index in [9.17, 15) is 13.2 Å². The Morgan fingerprint density at radius 2 is 2.08 bits per heavy atom. The zero-order chi connectivity index (χ0) is 17.9. The lowest BCUT2D eigenvalue weighted by atomic mass is 10.1. The van der Waals surface area contributed by atoms with Gasteiger partial charge in [-0.2, -0.15) is 10.2 Å². The Kier molecular flexibility index (Phi) is 4.88. The molecule has 2 heterocycles. The summed E-state index contributed by atoms with van der Waals surface area (Å²) in [6.45, 7) is 0.244. The molecule has 0 atom stereocenters. The quantitative estimate of drug-likeness (QED) is 0.729. The van der Waals surface area contributed by atoms with E-state index in [1.54, 1.807) is 12.1 Å². The molecule has 3 rings (SSSR count). The van der Waals surface area contributed by atoms with Crippen LogP contribution in [0.3, 0.4) is 0 Å². The Bertz CT molecular complexity index is 849. The van der Waals surface area contributed by atoms with Gasteiger partial charge in [0.1, 0.15) is 0 Å². The van der Waals surface area contributed by atoms with Crippen LogP contribution in [0.5, 0.6) is 0 Å². The van der Waals surface area contributed by atoms with E-state index in [4.69, 9.17) is 6.42 Å². The lowest BCUT2D eigenvalue weighted by molar-refractivity contribution is -0.116. The van der Waals surface area contributed by atoms with E-state index < -0.39 is 15.7 Å². The second kappa shape index (κ2) is 6.94. The van der Waals surface area contributed by atoms with Crippen LogP contribution in [0.2, 0.25) is 0 Å². The molecule has 0 bridgehead atoms. The summed E-state index contributed by atoms with van der Waals surface area (Å²) < 4.78 is 27.6. The van der Waals surface area contributed by atoms with Crippen LogP contribution >= 0.6 is 0 Å². The minimum absolute atomic E-state index is 0.0401. The summed E-state index contributed by atoms with van der Waals surface area (Å²) in [6.07, 6.45) is 8.77. The molecule has 0 fully saturated rings. The Morgan fingerprint density at radius 1 is 1.28 bits per heavy atom. The van der Waals surface area contributed by atoms with Crippen molar-refractivity contribution in [1.82, 2.24) is 4.72 Å². The van der Waals surface area contributed by atoms with Gasteiger partial charge in [-0.1, -0.05) is 0 Å². The Hall–Kier alpha value is -2.24. The second-order valence-corrected chi connectivity index (χ2v) is 8.02. The number of fused-ring (bicyclic) bond motifs is 1. The fraction of sp³-hybridized carbons (Fsp3) is 0.471. The van der Waals surface area contributed by atoms with Gasteiger partial charge in [-0.15, -0.1) is 12.3 Å². The summed E-state index contributed by atoms with van der Waals surface area (Å²) in [5.74, 6) is 2.50. The molecule has 7 nitrogen and oxygen atoms in total. The maximum atomic E-state index is 12.5. The lowest BCUT2D eigenvalue weighted by Gasteiger charge is -2.12. The molecule has 0 saturated carbocycles. The number of anilines is 1. The summed E-state index contributed by atoms with van der Waals surface area (Å²) >= 11 is 0. The van der Waals surface area contributed by atoms with E-state index in [2.05, 4.69) is 26.2 Å². The van der Waals surface area contributed by atoms with Gasteiger partial charge in [0.15, 0.2) is 5.66 Å². The van der Waals surface area contributed by atoms with Crippen molar-refractivity contribution in [1.29, 1.82) is 0 Å². The molecule has 1 aromatic carbocycles. The third kappa shape index (κ3) is 4.24. The van der Waals surface area contributed by atoms with Crippen molar-refractivity contribution in [3.05, 3.63) is 23.8 Å². The fourth-order valence-electron chi connectivity index (χ4n) is 2.86. The predicted molar refractivity (Wildman–Crippen MR) is 93.5 cm³/mol. The first-order valence-corrected chi connectivity index (χ1v) is 9.72. The average Bonchev–Trinajstić information content (AvgIpc) is 3.36. The van der Waals surface area contributed by atoms with Crippen LogP contribution in [0.4, 0.5) is 5.69 Å². The minimum Gasteiger partial charge on any atom is -0.326 e. The van der Waals surface area contributed by atoms with Gasteiger partial charge in [-0.3, -0.25) is 4.79 Å². The smallest absolute Gasteiger partial charge is 0.240 e. The molecule has 0 aliphatic carbocycles. The molecule has 2 N–H and O–H groups in total. The molecule has 132 valence electrons. The number of carbonyl (C=O) groups is 1. The maximum Gasteiger partial charge on any atom is 0.240 e. The van der Waals surface area contributed by atoms with Crippen molar-refractivity contribution in [2.45, 2.75) is 49.1 Å². The largest absolute Gasteiger partial charge is 0.326 e. The lowest BCUT2D eigenvalue weighted by Crippen LogP contribution is -2.28. The third-order valence-corrected chi connectivity index (χ3v) is 5.84. The van der Waals surface area contributed by atoms with Gasteiger partial charge in [0, 0.05) is 37.9 Å². The summed E-state index contributed by atoms with van der Waals surface area (Å²) in [6, 6.07) is 4.78. The first kappa shape index (κ1) is 17.6. The van der Waals surface area contributed by atoms with Gasteiger partial charge in [0.25, 0.3) is 0 Å². The van der Waals surface area contributed by atoms with Crippen molar-refractivity contribution in [2.24, 2.45) is 10.2 Å². The summed E-state index contributed by atoms with van der Waals surface area (Å²) in [7, 11) is -3.62. The van der Waals surface area contributed by atoms with E-state index in [0.29, 0.717) is 44.2 Å². The second-order valence-electron chi connectivity index (χ2n) is 6.26. The SMILES string of the molecule is C#CCCC1(CCNS(=O)(=O)c2ccc3c(c2)CCCC(=O)N3)N=N1. The van der Waals surface area contributed by atoms with E-state index in [-0.39, 0.29) is 17.3 Å². The first-order chi connectivity index (χ1) is 11.9. The fourth-order valence-corrected chi connectivity index (χ4v) is 3.94. The van der Waals surface area contributed by atoms with Crippen LogP contribution in [-0.2, 0) is 21.2 Å². The topological polar surface area (TPSA) is 100.0 Å². The van der Waals surface area contributed by atoms with Crippen LogP contribution in [0.25, 0.3) is 0 Å². The standard InChI is InChI=1S/C17H20N4O3S/c1-2-3-9-17(20-21-17)10-11-18-25(23,24)14-7-8-15-13(12-14)5-4-6-16(22)19-15/h1,7-8,12,18H,3-6,9-11H2,(H,19,22). The highest BCUT2D eigenvalue weighted by Crippen LogP contribution is 2.36. The summed E-state index contributed by atoms with van der Waals surface area (Å²) in [5, 5.41) is 10.8. The number of nitrogens with zero attached hydrogens (tertiary/aromatic N) is 2. The van der Waals surface area contributed by atoms with E-state index in [0.717, 1.165) is 5.56 Å². The molecule has 0 radical (unpaired) electrons. The number of nitrogens with one attached hydrogen (secondary N) is 2.